The summed E-state index contributed by atoms with van der Waals surface area (Å²) in [6, 6.07) is 6.17. The number of rotatable bonds is 5. The van der Waals surface area contributed by atoms with E-state index in [2.05, 4.69) is 0 Å². The van der Waals surface area contributed by atoms with Crippen molar-refractivity contribution in [3.05, 3.63) is 35.4 Å². The van der Waals surface area contributed by atoms with Crippen LogP contribution in [0.5, 0.6) is 0 Å². The number of benzene rings is 1. The molecule has 1 aromatic carbocycles. The minimum atomic E-state index is -4.28. The van der Waals surface area contributed by atoms with Gasteiger partial charge in [0, 0.05) is 25.0 Å². The van der Waals surface area contributed by atoms with Crippen molar-refractivity contribution in [2.24, 2.45) is 0 Å². The molecule has 0 atom stereocenters. The van der Waals surface area contributed by atoms with Crippen molar-refractivity contribution in [1.29, 1.82) is 0 Å². The van der Waals surface area contributed by atoms with Gasteiger partial charge in [-0.2, -0.15) is 13.2 Å². The Morgan fingerprint density at radius 1 is 1.22 bits per heavy atom. The predicted octanol–water partition coefficient (Wildman–Crippen LogP) is 3.91. The van der Waals surface area contributed by atoms with E-state index in [9.17, 15) is 13.2 Å². The second-order valence-electron chi connectivity index (χ2n) is 4.55. The molecule has 0 bridgehead atoms. The van der Waals surface area contributed by atoms with Crippen molar-refractivity contribution in [3.63, 3.8) is 0 Å². The molecule has 5 heteroatoms. The SMILES string of the molecule is FC(F)(F)c1ccccc1CN(CCCl)C1CC1. The van der Waals surface area contributed by atoms with Gasteiger partial charge in [-0.1, -0.05) is 18.2 Å². The van der Waals surface area contributed by atoms with E-state index in [1.165, 1.54) is 6.07 Å². The van der Waals surface area contributed by atoms with E-state index in [0.29, 0.717) is 30.6 Å². The molecular formula is C13H15ClF3N. The maximum Gasteiger partial charge on any atom is 0.416 e. The molecule has 0 radical (unpaired) electrons. The molecule has 0 N–H and O–H groups in total. The molecule has 100 valence electrons. The summed E-state index contributed by atoms with van der Waals surface area (Å²) >= 11 is 5.70. The monoisotopic (exact) mass is 277 g/mol. The van der Waals surface area contributed by atoms with Gasteiger partial charge in [-0.05, 0) is 24.5 Å². The molecule has 1 aliphatic rings. The molecule has 18 heavy (non-hydrogen) atoms. The molecule has 0 unspecified atom stereocenters. The summed E-state index contributed by atoms with van der Waals surface area (Å²) in [5.74, 6) is 0.449. The van der Waals surface area contributed by atoms with Crippen LogP contribution in [0.1, 0.15) is 24.0 Å². The highest BCUT2D eigenvalue weighted by Gasteiger charge is 2.35. The van der Waals surface area contributed by atoms with Crippen molar-refractivity contribution in [3.8, 4) is 0 Å². The Morgan fingerprint density at radius 2 is 1.89 bits per heavy atom. The second kappa shape index (κ2) is 5.49. The third-order valence-electron chi connectivity index (χ3n) is 3.13. The smallest absolute Gasteiger partial charge is 0.295 e. The fourth-order valence-corrected chi connectivity index (χ4v) is 2.31. The zero-order valence-corrected chi connectivity index (χ0v) is 10.6. The van der Waals surface area contributed by atoms with E-state index in [0.717, 1.165) is 18.9 Å². The van der Waals surface area contributed by atoms with Gasteiger partial charge in [0.25, 0.3) is 0 Å². The summed E-state index contributed by atoms with van der Waals surface area (Å²) < 4.78 is 38.6. The van der Waals surface area contributed by atoms with Gasteiger partial charge in [0.1, 0.15) is 0 Å². The lowest BCUT2D eigenvalue weighted by molar-refractivity contribution is -0.138. The molecule has 1 nitrogen and oxygen atoms in total. The number of hydrogen-bond acceptors (Lipinski definition) is 1. The van der Waals surface area contributed by atoms with E-state index in [-0.39, 0.29) is 0 Å². The molecule has 0 aromatic heterocycles. The van der Waals surface area contributed by atoms with Crippen molar-refractivity contribution in [2.45, 2.75) is 31.6 Å². The van der Waals surface area contributed by atoms with Gasteiger partial charge in [0.2, 0.25) is 0 Å². The summed E-state index contributed by atoms with van der Waals surface area (Å²) in [4.78, 5) is 2.04. The molecular weight excluding hydrogens is 263 g/mol. The van der Waals surface area contributed by atoms with Crippen LogP contribution in [-0.2, 0) is 12.7 Å². The fourth-order valence-electron chi connectivity index (χ4n) is 2.09. The van der Waals surface area contributed by atoms with Crippen LogP contribution in [0.2, 0.25) is 0 Å². The van der Waals surface area contributed by atoms with Crippen LogP contribution in [0, 0.1) is 0 Å². The molecule has 0 spiro atoms. The van der Waals surface area contributed by atoms with Gasteiger partial charge in [0.15, 0.2) is 0 Å². The molecule has 0 aliphatic heterocycles. The Morgan fingerprint density at radius 3 is 2.44 bits per heavy atom. The van der Waals surface area contributed by atoms with E-state index in [4.69, 9.17) is 11.6 Å². The molecule has 1 aliphatic carbocycles. The summed E-state index contributed by atoms with van der Waals surface area (Å²) in [7, 11) is 0. The van der Waals surface area contributed by atoms with Gasteiger partial charge in [0.05, 0.1) is 5.56 Å². The maximum atomic E-state index is 12.9. The molecule has 1 saturated carbocycles. The largest absolute Gasteiger partial charge is 0.416 e. The second-order valence-corrected chi connectivity index (χ2v) is 4.92. The highest BCUT2D eigenvalue weighted by atomic mass is 35.5. The van der Waals surface area contributed by atoms with Crippen LogP contribution in [0.3, 0.4) is 0 Å². The highest BCUT2D eigenvalue weighted by Crippen LogP contribution is 2.34. The minimum absolute atomic E-state index is 0.326. The van der Waals surface area contributed by atoms with Crippen LogP contribution in [0.15, 0.2) is 24.3 Å². The summed E-state index contributed by atoms with van der Waals surface area (Å²) in [6.45, 7) is 0.964. The quantitative estimate of drug-likeness (QED) is 0.738. The summed E-state index contributed by atoms with van der Waals surface area (Å²) in [5, 5.41) is 0. The average Bonchev–Trinajstić information content (AvgIpc) is 3.11. The van der Waals surface area contributed by atoms with Crippen LogP contribution in [0.4, 0.5) is 13.2 Å². The van der Waals surface area contributed by atoms with Crippen LogP contribution < -0.4 is 0 Å². The Balaban J connectivity index is 2.17. The summed E-state index contributed by atoms with van der Waals surface area (Å²) in [6.07, 6.45) is -2.16. The van der Waals surface area contributed by atoms with Gasteiger partial charge in [-0.3, -0.25) is 4.90 Å². The minimum Gasteiger partial charge on any atom is -0.295 e. The van der Waals surface area contributed by atoms with Crippen molar-refractivity contribution < 1.29 is 13.2 Å². The van der Waals surface area contributed by atoms with Crippen molar-refractivity contribution >= 4 is 11.6 Å². The number of hydrogen-bond donors (Lipinski definition) is 0. The first-order chi connectivity index (χ1) is 8.52. The van der Waals surface area contributed by atoms with Crippen molar-refractivity contribution in [2.75, 3.05) is 12.4 Å². The van der Waals surface area contributed by atoms with Gasteiger partial charge in [-0.15, -0.1) is 11.6 Å². The molecule has 0 saturated heterocycles. The summed E-state index contributed by atoms with van der Waals surface area (Å²) in [5.41, 5.74) is -0.202. The Bertz CT molecular complexity index is 401. The molecule has 0 heterocycles. The van der Waals surface area contributed by atoms with E-state index in [1.807, 2.05) is 4.90 Å². The lowest BCUT2D eigenvalue weighted by Gasteiger charge is -2.23. The normalized spacial score (nSPS) is 16.3. The lowest BCUT2D eigenvalue weighted by atomic mass is 10.1. The van der Waals surface area contributed by atoms with Gasteiger partial charge in [-0.25, -0.2) is 0 Å². The van der Waals surface area contributed by atoms with E-state index >= 15 is 0 Å². The number of alkyl halides is 4. The third kappa shape index (κ3) is 3.39. The fraction of sp³-hybridized carbons (Fsp3) is 0.538. The Kier molecular flexibility index (Phi) is 4.17. The molecule has 2 rings (SSSR count). The zero-order chi connectivity index (χ0) is 13.2. The predicted molar refractivity (Wildman–Crippen MR) is 65.6 cm³/mol. The maximum absolute atomic E-state index is 12.9. The van der Waals surface area contributed by atoms with Crippen molar-refractivity contribution in [1.82, 2.24) is 4.90 Å². The highest BCUT2D eigenvalue weighted by molar-refractivity contribution is 6.18. The Labute approximate surface area is 110 Å². The van der Waals surface area contributed by atoms with Crippen LogP contribution >= 0.6 is 11.6 Å². The lowest BCUT2D eigenvalue weighted by Crippen LogP contribution is -2.28. The average molecular weight is 278 g/mol. The van der Waals surface area contributed by atoms with Crippen LogP contribution in [0.25, 0.3) is 0 Å². The van der Waals surface area contributed by atoms with E-state index < -0.39 is 11.7 Å². The van der Waals surface area contributed by atoms with E-state index in [1.54, 1.807) is 12.1 Å². The van der Waals surface area contributed by atoms with Crippen LogP contribution in [-0.4, -0.2) is 23.4 Å². The Hall–Kier alpha value is -0.740. The molecule has 0 amide bonds. The first-order valence-electron chi connectivity index (χ1n) is 5.97. The molecule has 1 aromatic rings. The standard InChI is InChI=1S/C13H15ClF3N/c14-7-8-18(11-5-6-11)9-10-3-1-2-4-12(10)13(15,16)17/h1-4,11H,5-9H2. The van der Waals surface area contributed by atoms with Gasteiger partial charge < -0.3 is 0 Å². The first-order valence-corrected chi connectivity index (χ1v) is 6.51. The topological polar surface area (TPSA) is 3.24 Å². The number of halogens is 4. The first kappa shape index (κ1) is 13.7. The van der Waals surface area contributed by atoms with Gasteiger partial charge >= 0.3 is 6.18 Å². The number of nitrogens with zero attached hydrogens (tertiary/aromatic N) is 1. The molecule has 1 fully saturated rings. The third-order valence-corrected chi connectivity index (χ3v) is 3.30. The zero-order valence-electron chi connectivity index (χ0n) is 9.88.